The molecule has 0 saturated carbocycles. The lowest BCUT2D eigenvalue weighted by molar-refractivity contribution is -0.167. The van der Waals surface area contributed by atoms with Crippen LogP contribution in [0.4, 0.5) is 0 Å². The molecule has 0 aromatic carbocycles. The Morgan fingerprint density at radius 1 is 0.269 bits per heavy atom. The van der Waals surface area contributed by atoms with Crippen LogP contribution in [-0.4, -0.2) is 37.2 Å². The first-order valence-corrected chi connectivity index (χ1v) is 31.8. The summed E-state index contributed by atoms with van der Waals surface area (Å²) in [6.07, 6.45) is 92.8. The molecule has 0 saturated heterocycles. The molecule has 6 nitrogen and oxygen atoms in total. The zero-order valence-corrected chi connectivity index (χ0v) is 50.4. The van der Waals surface area contributed by atoms with Gasteiger partial charge in [0.1, 0.15) is 13.2 Å². The van der Waals surface area contributed by atoms with Gasteiger partial charge in [0.2, 0.25) is 0 Å². The fourth-order valence-electron chi connectivity index (χ4n) is 8.36. The van der Waals surface area contributed by atoms with E-state index >= 15 is 0 Å². The Morgan fingerprint density at radius 2 is 0.500 bits per heavy atom. The van der Waals surface area contributed by atoms with E-state index in [-0.39, 0.29) is 31.1 Å². The summed E-state index contributed by atoms with van der Waals surface area (Å²) in [5.41, 5.74) is 0. The van der Waals surface area contributed by atoms with Gasteiger partial charge in [-0.2, -0.15) is 0 Å². The van der Waals surface area contributed by atoms with Gasteiger partial charge in [0.15, 0.2) is 6.10 Å². The Labute approximate surface area is 480 Å². The van der Waals surface area contributed by atoms with Crippen molar-refractivity contribution in [3.05, 3.63) is 146 Å². The smallest absolute Gasteiger partial charge is 0.306 e. The van der Waals surface area contributed by atoms with Crippen LogP contribution in [-0.2, 0) is 28.6 Å². The van der Waals surface area contributed by atoms with E-state index in [1.54, 1.807) is 0 Å². The fraction of sp³-hybridized carbons (Fsp3) is 0.625. The predicted octanol–water partition coefficient (Wildman–Crippen LogP) is 21.9. The molecule has 1 unspecified atom stereocenters. The van der Waals surface area contributed by atoms with E-state index in [0.29, 0.717) is 19.3 Å². The van der Waals surface area contributed by atoms with E-state index in [1.807, 2.05) is 0 Å². The van der Waals surface area contributed by atoms with Gasteiger partial charge in [0.05, 0.1) is 0 Å². The van der Waals surface area contributed by atoms with Gasteiger partial charge in [-0.05, 0) is 135 Å². The van der Waals surface area contributed by atoms with Gasteiger partial charge in [-0.15, -0.1) is 0 Å². The molecular weight excluding hydrogens is 961 g/mol. The quantitative estimate of drug-likeness (QED) is 0.0261. The third-order valence-corrected chi connectivity index (χ3v) is 13.0. The Balaban J connectivity index is 4.34. The topological polar surface area (TPSA) is 78.9 Å². The van der Waals surface area contributed by atoms with Crippen molar-refractivity contribution in [1.82, 2.24) is 0 Å². The van der Waals surface area contributed by atoms with Crippen LogP contribution in [0, 0.1) is 0 Å². The molecule has 0 bridgehead atoms. The average Bonchev–Trinajstić information content (AvgIpc) is 3.44. The zero-order valence-electron chi connectivity index (χ0n) is 50.4. The highest BCUT2D eigenvalue weighted by molar-refractivity contribution is 5.71. The van der Waals surface area contributed by atoms with Crippen molar-refractivity contribution in [2.45, 2.75) is 277 Å². The third-order valence-electron chi connectivity index (χ3n) is 13.0. The number of unbranched alkanes of at least 4 members (excludes halogenated alkanes) is 21. The zero-order chi connectivity index (χ0) is 56.4. The number of ether oxygens (including phenoxy) is 3. The third kappa shape index (κ3) is 62.1. The molecule has 0 amide bonds. The Bertz CT molecular complexity index is 1710. The van der Waals surface area contributed by atoms with Crippen molar-refractivity contribution >= 4 is 17.9 Å². The Morgan fingerprint density at radius 3 is 0.795 bits per heavy atom. The molecule has 0 aromatic rings. The van der Waals surface area contributed by atoms with Crippen molar-refractivity contribution in [3.8, 4) is 0 Å². The molecule has 0 rings (SSSR count). The lowest BCUT2D eigenvalue weighted by atomic mass is 10.0. The van der Waals surface area contributed by atoms with Crippen LogP contribution in [0.3, 0.4) is 0 Å². The van der Waals surface area contributed by atoms with Gasteiger partial charge >= 0.3 is 17.9 Å². The highest BCUT2D eigenvalue weighted by Crippen LogP contribution is 2.15. The SMILES string of the molecule is CC/C=C\C/C=C\C/C=C\C/C=C\C/C=C\C/C=C\C/C=C\CCCCCCCC(=O)OCC(COC(=O)CCCCCCC/C=C\CCC)OC(=O)CCCCCCCCCCCC/C=C\C/C=C\C/C=C\C/C=C\CC. The predicted molar refractivity (Wildman–Crippen MR) is 339 cm³/mol. The standard InChI is InChI=1S/C72H116O6/c1-4-7-10-13-16-19-22-24-26-28-30-32-34-35-36-37-39-40-42-44-46-48-50-53-56-59-62-65-71(74)77-68-69(67-76-70(73)64-61-58-55-52-21-18-15-12-9-6-3)78-72(75)66-63-60-57-54-51-49-47-45-43-41-38-33-31-29-27-25-23-20-17-14-11-8-5-2/h7-8,10-12,15-17,19-20,24-27,30-33,35-36,39-40,44,46,69H,4-6,9,13-14,18,21-23,28-29,34,37-38,41-43,45,47-68H2,1-3H3/b10-7-,11-8-,15-12-,19-16-,20-17-,26-24-,27-25-,32-30-,33-31-,36-35-,40-39-,46-44-. The van der Waals surface area contributed by atoms with Crippen molar-refractivity contribution in [3.63, 3.8) is 0 Å². The number of carbonyl (C=O) groups excluding carboxylic acids is 3. The molecular formula is C72H116O6. The van der Waals surface area contributed by atoms with Crippen LogP contribution >= 0.6 is 0 Å². The second kappa shape index (κ2) is 64.8. The van der Waals surface area contributed by atoms with E-state index in [0.717, 1.165) is 167 Å². The number of hydrogen-bond donors (Lipinski definition) is 0. The van der Waals surface area contributed by atoms with Crippen molar-refractivity contribution < 1.29 is 28.6 Å². The molecule has 78 heavy (non-hydrogen) atoms. The summed E-state index contributed by atoms with van der Waals surface area (Å²) in [7, 11) is 0. The largest absolute Gasteiger partial charge is 0.462 e. The second-order valence-corrected chi connectivity index (χ2v) is 20.5. The van der Waals surface area contributed by atoms with Gasteiger partial charge in [-0.3, -0.25) is 14.4 Å². The van der Waals surface area contributed by atoms with Gasteiger partial charge in [0, 0.05) is 19.3 Å². The number of hydrogen-bond acceptors (Lipinski definition) is 6. The minimum atomic E-state index is -0.799. The lowest BCUT2D eigenvalue weighted by Gasteiger charge is -2.18. The monoisotopic (exact) mass is 1080 g/mol. The molecule has 1 atom stereocenters. The minimum Gasteiger partial charge on any atom is -0.462 e. The molecule has 0 aromatic heterocycles. The Kier molecular flexibility index (Phi) is 60.9. The lowest BCUT2D eigenvalue weighted by Crippen LogP contribution is -2.30. The summed E-state index contributed by atoms with van der Waals surface area (Å²) >= 11 is 0. The molecule has 0 aliphatic rings. The van der Waals surface area contributed by atoms with E-state index in [2.05, 4.69) is 167 Å². The van der Waals surface area contributed by atoms with Crippen molar-refractivity contribution in [1.29, 1.82) is 0 Å². The average molecular weight is 1080 g/mol. The summed E-state index contributed by atoms with van der Waals surface area (Å²) < 4.78 is 16.9. The van der Waals surface area contributed by atoms with E-state index in [1.165, 1.54) is 64.2 Å². The molecule has 0 radical (unpaired) electrons. The van der Waals surface area contributed by atoms with Gasteiger partial charge in [0.25, 0.3) is 0 Å². The molecule has 0 fully saturated rings. The molecule has 440 valence electrons. The molecule has 0 aliphatic carbocycles. The molecule has 0 N–H and O–H groups in total. The van der Waals surface area contributed by atoms with Crippen LogP contribution in [0.1, 0.15) is 271 Å². The molecule has 0 spiro atoms. The second-order valence-electron chi connectivity index (χ2n) is 20.5. The van der Waals surface area contributed by atoms with Crippen LogP contribution in [0.25, 0.3) is 0 Å². The fourth-order valence-corrected chi connectivity index (χ4v) is 8.36. The molecule has 0 aliphatic heterocycles. The van der Waals surface area contributed by atoms with E-state index in [9.17, 15) is 14.4 Å². The summed E-state index contributed by atoms with van der Waals surface area (Å²) in [6.45, 7) is 6.33. The minimum absolute atomic E-state index is 0.0950. The number of carbonyl (C=O) groups is 3. The van der Waals surface area contributed by atoms with Gasteiger partial charge in [-0.1, -0.05) is 263 Å². The maximum absolute atomic E-state index is 12.9. The first-order chi connectivity index (χ1) is 38.5. The first kappa shape index (κ1) is 73.3. The maximum Gasteiger partial charge on any atom is 0.306 e. The summed E-state index contributed by atoms with van der Waals surface area (Å²) in [5.74, 6) is -0.931. The van der Waals surface area contributed by atoms with Crippen LogP contribution in [0.5, 0.6) is 0 Å². The summed E-state index contributed by atoms with van der Waals surface area (Å²) in [4.78, 5) is 38.2. The normalized spacial score (nSPS) is 13.1. The molecule has 0 heterocycles. The van der Waals surface area contributed by atoms with Crippen LogP contribution in [0.2, 0.25) is 0 Å². The highest BCUT2D eigenvalue weighted by atomic mass is 16.6. The van der Waals surface area contributed by atoms with Gasteiger partial charge < -0.3 is 14.2 Å². The first-order valence-electron chi connectivity index (χ1n) is 31.8. The maximum atomic E-state index is 12.9. The van der Waals surface area contributed by atoms with E-state index in [4.69, 9.17) is 14.2 Å². The summed E-state index contributed by atoms with van der Waals surface area (Å²) in [5, 5.41) is 0. The van der Waals surface area contributed by atoms with Crippen molar-refractivity contribution in [2.24, 2.45) is 0 Å². The highest BCUT2D eigenvalue weighted by Gasteiger charge is 2.19. The van der Waals surface area contributed by atoms with Gasteiger partial charge in [-0.25, -0.2) is 0 Å². The van der Waals surface area contributed by atoms with Crippen LogP contribution < -0.4 is 0 Å². The van der Waals surface area contributed by atoms with Crippen LogP contribution in [0.15, 0.2) is 146 Å². The van der Waals surface area contributed by atoms with Crippen molar-refractivity contribution in [2.75, 3.05) is 13.2 Å². The summed E-state index contributed by atoms with van der Waals surface area (Å²) in [6, 6.07) is 0. The Hall–Kier alpha value is -4.71. The number of allylic oxidation sites excluding steroid dienone is 24. The number of esters is 3. The van der Waals surface area contributed by atoms with E-state index < -0.39 is 6.10 Å². The number of rotatable bonds is 56. The molecule has 6 heteroatoms.